The summed E-state index contributed by atoms with van der Waals surface area (Å²) in [4.78, 5) is 30.5. The Labute approximate surface area is 182 Å². The van der Waals surface area contributed by atoms with Crippen LogP contribution in [0.5, 0.6) is 0 Å². The Morgan fingerprint density at radius 3 is 2.52 bits per heavy atom. The van der Waals surface area contributed by atoms with Gasteiger partial charge >= 0.3 is 11.8 Å². The number of carbonyl (C=O) groups excluding carboxylic acids is 1. The van der Waals surface area contributed by atoms with Crippen LogP contribution in [0.25, 0.3) is 5.69 Å². The Morgan fingerprint density at radius 2 is 1.84 bits per heavy atom. The Bertz CT molecular complexity index is 1020. The predicted molar refractivity (Wildman–Crippen MR) is 119 cm³/mol. The third-order valence-electron chi connectivity index (χ3n) is 5.97. The van der Waals surface area contributed by atoms with Crippen LogP contribution in [-0.2, 0) is 17.8 Å². The molecule has 1 aromatic heterocycles. The van der Waals surface area contributed by atoms with Crippen molar-refractivity contribution in [3.8, 4) is 5.69 Å². The number of fused-ring (bicyclic) bond motifs is 1. The first kappa shape index (κ1) is 21.4. The molecule has 1 saturated carbocycles. The highest BCUT2D eigenvalue weighted by atomic mass is 16.6. The molecule has 0 atom stereocenters. The van der Waals surface area contributed by atoms with E-state index in [1.54, 1.807) is 12.3 Å². The largest absolute Gasteiger partial charge is 0.444 e. The Kier molecular flexibility index (Phi) is 5.75. The number of nitrogen functional groups attached to an aromatic ring is 1. The molecule has 4 rings (SSSR count). The van der Waals surface area contributed by atoms with E-state index < -0.39 is 5.60 Å². The molecule has 166 valence electrons. The van der Waals surface area contributed by atoms with Crippen LogP contribution in [0.15, 0.2) is 35.3 Å². The molecular formula is C23H31N5O3. The van der Waals surface area contributed by atoms with Gasteiger partial charge in [0.25, 0.3) is 0 Å². The van der Waals surface area contributed by atoms with Crippen molar-refractivity contribution in [3.63, 3.8) is 0 Å². The van der Waals surface area contributed by atoms with Crippen LogP contribution in [0.4, 0.5) is 10.6 Å². The summed E-state index contributed by atoms with van der Waals surface area (Å²) in [6, 6.07) is 8.43. The number of ether oxygens (including phenoxy) is 1. The summed E-state index contributed by atoms with van der Waals surface area (Å²) in [6.07, 6.45) is 5.33. The zero-order valence-corrected chi connectivity index (χ0v) is 18.4. The fourth-order valence-electron chi connectivity index (χ4n) is 4.49. The monoisotopic (exact) mass is 425 g/mol. The minimum Gasteiger partial charge on any atom is -0.444 e. The van der Waals surface area contributed by atoms with Crippen molar-refractivity contribution in [2.45, 2.75) is 77.2 Å². The number of nitrogens with one attached hydrogen (secondary N) is 1. The number of rotatable bonds is 3. The summed E-state index contributed by atoms with van der Waals surface area (Å²) < 4.78 is 6.90. The summed E-state index contributed by atoms with van der Waals surface area (Å²) in [7, 11) is 0. The topological polar surface area (TPSA) is 102 Å². The molecule has 2 heterocycles. The van der Waals surface area contributed by atoms with Gasteiger partial charge in [0.05, 0.1) is 5.69 Å². The number of alkyl carbamates (subject to hydrolysis) is 1. The van der Waals surface area contributed by atoms with Crippen molar-refractivity contribution in [2.24, 2.45) is 0 Å². The molecule has 1 amide bonds. The summed E-state index contributed by atoms with van der Waals surface area (Å²) in [5.74, 6) is 0.227. The van der Waals surface area contributed by atoms with E-state index in [0.717, 1.165) is 44.5 Å². The first-order valence-electron chi connectivity index (χ1n) is 10.9. The first-order chi connectivity index (χ1) is 14.7. The summed E-state index contributed by atoms with van der Waals surface area (Å²) in [5, 5.41) is 3.01. The number of carbonyl (C=O) groups is 1. The van der Waals surface area contributed by atoms with Gasteiger partial charge in [-0.05, 0) is 75.8 Å². The van der Waals surface area contributed by atoms with E-state index in [0.29, 0.717) is 6.04 Å². The maximum atomic E-state index is 12.2. The second kappa shape index (κ2) is 8.34. The van der Waals surface area contributed by atoms with Crippen molar-refractivity contribution in [2.75, 3.05) is 5.73 Å². The van der Waals surface area contributed by atoms with Gasteiger partial charge in [-0.25, -0.2) is 9.59 Å². The van der Waals surface area contributed by atoms with Crippen molar-refractivity contribution < 1.29 is 9.53 Å². The average molecular weight is 426 g/mol. The van der Waals surface area contributed by atoms with E-state index in [-0.39, 0.29) is 23.6 Å². The van der Waals surface area contributed by atoms with E-state index in [1.165, 1.54) is 15.7 Å². The van der Waals surface area contributed by atoms with Crippen LogP contribution in [0.1, 0.15) is 57.6 Å². The number of anilines is 1. The molecule has 31 heavy (non-hydrogen) atoms. The average Bonchev–Trinajstić information content (AvgIpc) is 3.10. The molecule has 2 aliphatic rings. The minimum atomic E-state index is -0.477. The smallest absolute Gasteiger partial charge is 0.407 e. The fraction of sp³-hybridized carbons (Fsp3) is 0.522. The highest BCUT2D eigenvalue weighted by Gasteiger charge is 2.31. The summed E-state index contributed by atoms with van der Waals surface area (Å²) >= 11 is 0. The van der Waals surface area contributed by atoms with Gasteiger partial charge in [0.15, 0.2) is 0 Å². The number of aromatic nitrogens is 2. The zero-order chi connectivity index (χ0) is 22.2. The van der Waals surface area contributed by atoms with E-state index in [4.69, 9.17) is 10.5 Å². The van der Waals surface area contributed by atoms with Crippen LogP contribution >= 0.6 is 0 Å². The molecule has 0 radical (unpaired) electrons. The molecule has 0 saturated heterocycles. The zero-order valence-electron chi connectivity index (χ0n) is 18.4. The van der Waals surface area contributed by atoms with Crippen LogP contribution < -0.4 is 16.7 Å². The number of benzene rings is 1. The van der Waals surface area contributed by atoms with E-state index in [9.17, 15) is 9.59 Å². The lowest BCUT2D eigenvalue weighted by Gasteiger charge is -2.35. The highest BCUT2D eigenvalue weighted by Crippen LogP contribution is 2.32. The van der Waals surface area contributed by atoms with Crippen molar-refractivity contribution in [1.29, 1.82) is 0 Å². The van der Waals surface area contributed by atoms with Crippen LogP contribution in [0.3, 0.4) is 0 Å². The molecule has 1 aliphatic carbocycles. The minimum absolute atomic E-state index is 0.174. The fourth-order valence-corrected chi connectivity index (χ4v) is 4.49. The molecule has 8 heteroatoms. The first-order valence-corrected chi connectivity index (χ1v) is 10.9. The van der Waals surface area contributed by atoms with Gasteiger partial charge in [-0.15, -0.1) is 0 Å². The van der Waals surface area contributed by atoms with Gasteiger partial charge in [0.1, 0.15) is 11.4 Å². The van der Waals surface area contributed by atoms with E-state index in [2.05, 4.69) is 27.3 Å². The molecule has 1 fully saturated rings. The number of nitrogens with zero attached hydrogens (tertiary/aromatic N) is 3. The molecule has 0 spiro atoms. The SMILES string of the molecule is CC(C)(C)OC(=O)N[C@H]1CC[C@H](N2Cc3ccc(-n4ccc(N)nc4=O)cc3C2)CC1. The Morgan fingerprint density at radius 1 is 1.13 bits per heavy atom. The second-order valence-corrected chi connectivity index (χ2v) is 9.51. The lowest BCUT2D eigenvalue weighted by molar-refractivity contribution is 0.0476. The molecule has 1 aliphatic heterocycles. The quantitative estimate of drug-likeness (QED) is 0.784. The van der Waals surface area contributed by atoms with Gasteiger partial charge in [0.2, 0.25) is 0 Å². The molecule has 0 unspecified atom stereocenters. The summed E-state index contributed by atoms with van der Waals surface area (Å²) in [5.41, 5.74) is 8.11. The van der Waals surface area contributed by atoms with Crippen LogP contribution in [-0.4, -0.2) is 38.2 Å². The molecule has 8 nitrogen and oxygen atoms in total. The predicted octanol–water partition coefficient (Wildman–Crippen LogP) is 2.97. The van der Waals surface area contributed by atoms with E-state index in [1.807, 2.05) is 26.8 Å². The normalized spacial score (nSPS) is 21.5. The number of nitrogens with two attached hydrogens (primary N) is 1. The van der Waals surface area contributed by atoms with Crippen molar-refractivity contribution in [1.82, 2.24) is 19.8 Å². The van der Waals surface area contributed by atoms with Gasteiger partial charge in [-0.1, -0.05) is 6.07 Å². The number of amides is 1. The van der Waals surface area contributed by atoms with E-state index >= 15 is 0 Å². The van der Waals surface area contributed by atoms with Crippen molar-refractivity contribution >= 4 is 11.9 Å². The van der Waals surface area contributed by atoms with Crippen LogP contribution in [0.2, 0.25) is 0 Å². The molecular weight excluding hydrogens is 394 g/mol. The third kappa shape index (κ3) is 5.07. The maximum absolute atomic E-state index is 12.2. The van der Waals surface area contributed by atoms with Gasteiger partial charge in [-0.3, -0.25) is 9.47 Å². The van der Waals surface area contributed by atoms with Gasteiger partial charge in [-0.2, -0.15) is 4.98 Å². The second-order valence-electron chi connectivity index (χ2n) is 9.51. The standard InChI is InChI=1S/C23H31N5O3/c1-23(2,3)31-22(30)25-17-5-8-18(9-6-17)27-13-15-4-7-19(12-16(15)14-27)28-11-10-20(24)26-21(28)29/h4,7,10-12,17-18H,5-6,8-9,13-14H2,1-3H3,(H,25,30)(H2,24,26,29)/t17-,18-. The third-order valence-corrected chi connectivity index (χ3v) is 5.97. The lowest BCUT2D eigenvalue weighted by atomic mass is 9.90. The van der Waals surface area contributed by atoms with Crippen molar-refractivity contribution in [3.05, 3.63) is 52.1 Å². The molecule has 1 aromatic carbocycles. The molecule has 0 bridgehead atoms. The highest BCUT2D eigenvalue weighted by molar-refractivity contribution is 5.68. The molecule has 2 aromatic rings. The van der Waals surface area contributed by atoms with Gasteiger partial charge in [0, 0.05) is 31.4 Å². The lowest BCUT2D eigenvalue weighted by Crippen LogP contribution is -2.44. The summed E-state index contributed by atoms with van der Waals surface area (Å²) in [6.45, 7) is 7.41. The number of hydrogen-bond acceptors (Lipinski definition) is 6. The Hall–Kier alpha value is -2.87. The maximum Gasteiger partial charge on any atom is 0.407 e. The van der Waals surface area contributed by atoms with Gasteiger partial charge < -0.3 is 15.8 Å². The van der Waals surface area contributed by atoms with Crippen LogP contribution in [0, 0.1) is 0 Å². The Balaban J connectivity index is 1.35. The molecule has 3 N–H and O–H groups in total. The number of hydrogen-bond donors (Lipinski definition) is 2.